The second kappa shape index (κ2) is 6.23. The fourth-order valence-corrected chi connectivity index (χ4v) is 2.63. The van der Waals surface area contributed by atoms with Crippen LogP contribution in [0.4, 0.5) is 0 Å². The second-order valence-electron chi connectivity index (χ2n) is 5.47. The molecule has 1 atom stereocenters. The Morgan fingerprint density at radius 3 is 2.65 bits per heavy atom. The van der Waals surface area contributed by atoms with E-state index in [1.165, 1.54) is 22.4 Å². The Labute approximate surface area is 122 Å². The Morgan fingerprint density at radius 1 is 1.30 bits per heavy atom. The van der Waals surface area contributed by atoms with Crippen LogP contribution >= 0.6 is 0 Å². The van der Waals surface area contributed by atoms with Gasteiger partial charge in [-0.25, -0.2) is 0 Å². The van der Waals surface area contributed by atoms with Gasteiger partial charge in [-0.2, -0.15) is 5.10 Å². The number of hydrogen-bond acceptors (Lipinski definition) is 2. The van der Waals surface area contributed by atoms with E-state index in [0.29, 0.717) is 6.04 Å². The highest BCUT2D eigenvalue weighted by Gasteiger charge is 2.13. The van der Waals surface area contributed by atoms with Gasteiger partial charge in [-0.15, -0.1) is 0 Å². The number of hydrogen-bond donors (Lipinski definition) is 1. The average Bonchev–Trinajstić information content (AvgIpc) is 2.69. The van der Waals surface area contributed by atoms with E-state index in [1.807, 2.05) is 11.7 Å². The lowest BCUT2D eigenvalue weighted by Crippen LogP contribution is -2.19. The average molecular weight is 271 g/mol. The van der Waals surface area contributed by atoms with E-state index in [2.05, 4.69) is 62.4 Å². The van der Waals surface area contributed by atoms with Gasteiger partial charge < -0.3 is 5.32 Å². The summed E-state index contributed by atoms with van der Waals surface area (Å²) in [6.45, 7) is 9.67. The van der Waals surface area contributed by atoms with Crippen LogP contribution in [0, 0.1) is 13.8 Å². The van der Waals surface area contributed by atoms with E-state index < -0.39 is 0 Å². The zero-order chi connectivity index (χ0) is 14.7. The molecule has 0 fully saturated rings. The largest absolute Gasteiger partial charge is 0.310 e. The van der Waals surface area contributed by atoms with E-state index in [0.717, 1.165) is 18.7 Å². The third-order valence-corrected chi connectivity index (χ3v) is 3.88. The van der Waals surface area contributed by atoms with Crippen LogP contribution in [0.2, 0.25) is 0 Å². The van der Waals surface area contributed by atoms with E-state index in [9.17, 15) is 0 Å². The van der Waals surface area contributed by atoms with Crippen LogP contribution in [-0.4, -0.2) is 16.3 Å². The molecule has 0 saturated carbocycles. The third kappa shape index (κ3) is 2.93. The van der Waals surface area contributed by atoms with Gasteiger partial charge in [0.1, 0.15) is 0 Å². The molecule has 0 amide bonds. The summed E-state index contributed by atoms with van der Waals surface area (Å²) in [7, 11) is 2.00. The number of nitrogens with zero attached hydrogens (tertiary/aromatic N) is 2. The Kier molecular flexibility index (Phi) is 4.61. The van der Waals surface area contributed by atoms with E-state index in [-0.39, 0.29) is 0 Å². The molecule has 1 aromatic carbocycles. The maximum absolute atomic E-state index is 4.51. The van der Waals surface area contributed by atoms with Crippen LogP contribution < -0.4 is 5.32 Å². The zero-order valence-corrected chi connectivity index (χ0v) is 13.2. The molecule has 3 nitrogen and oxygen atoms in total. The van der Waals surface area contributed by atoms with Gasteiger partial charge in [0.05, 0.1) is 5.69 Å². The summed E-state index contributed by atoms with van der Waals surface area (Å²) in [5, 5.41) is 8.05. The van der Waals surface area contributed by atoms with Gasteiger partial charge in [0.15, 0.2) is 0 Å². The van der Waals surface area contributed by atoms with Crippen LogP contribution in [-0.2, 0) is 7.05 Å². The van der Waals surface area contributed by atoms with Gasteiger partial charge in [0.2, 0.25) is 0 Å². The van der Waals surface area contributed by atoms with Crippen molar-refractivity contribution in [2.45, 2.75) is 40.2 Å². The molecule has 0 saturated heterocycles. The van der Waals surface area contributed by atoms with Crippen molar-refractivity contribution < 1.29 is 0 Å². The lowest BCUT2D eigenvalue weighted by atomic mass is 9.99. The van der Waals surface area contributed by atoms with Crippen LogP contribution in [0.5, 0.6) is 0 Å². The first-order chi connectivity index (χ1) is 9.54. The lowest BCUT2D eigenvalue weighted by molar-refractivity contribution is 0.571. The first-order valence-corrected chi connectivity index (χ1v) is 7.38. The Hall–Kier alpha value is -1.61. The summed E-state index contributed by atoms with van der Waals surface area (Å²) in [6, 6.07) is 9.17. The van der Waals surface area contributed by atoms with Crippen molar-refractivity contribution in [3.8, 4) is 11.1 Å². The number of benzene rings is 1. The molecule has 1 aromatic heterocycles. The van der Waals surface area contributed by atoms with Gasteiger partial charge in [0, 0.05) is 24.3 Å². The normalized spacial score (nSPS) is 12.7. The van der Waals surface area contributed by atoms with Crippen molar-refractivity contribution >= 4 is 0 Å². The first kappa shape index (κ1) is 14.8. The highest BCUT2D eigenvalue weighted by atomic mass is 15.3. The van der Waals surface area contributed by atoms with Gasteiger partial charge in [0.25, 0.3) is 0 Å². The van der Waals surface area contributed by atoms with Crippen molar-refractivity contribution in [3.63, 3.8) is 0 Å². The molecule has 0 aliphatic heterocycles. The molecule has 2 aromatic rings. The highest BCUT2D eigenvalue weighted by molar-refractivity contribution is 5.69. The molecule has 0 aliphatic rings. The molecule has 1 heterocycles. The minimum Gasteiger partial charge on any atom is -0.310 e. The molecule has 0 bridgehead atoms. The molecule has 3 heteroatoms. The van der Waals surface area contributed by atoms with E-state index >= 15 is 0 Å². The van der Waals surface area contributed by atoms with Crippen LogP contribution in [0.15, 0.2) is 24.3 Å². The molecule has 0 aliphatic carbocycles. The topological polar surface area (TPSA) is 29.9 Å². The maximum atomic E-state index is 4.51. The molecule has 1 N–H and O–H groups in total. The standard InChI is InChI=1S/C17H25N3/c1-6-10-18-12(2)15-8-7-9-16(11-15)17-13(3)19-20(5)14(17)4/h7-9,11-12,18H,6,10H2,1-5H3. The highest BCUT2D eigenvalue weighted by Crippen LogP contribution is 2.28. The van der Waals surface area contributed by atoms with Gasteiger partial charge in [-0.3, -0.25) is 4.68 Å². The minimum absolute atomic E-state index is 0.382. The number of rotatable bonds is 5. The van der Waals surface area contributed by atoms with E-state index in [1.54, 1.807) is 0 Å². The van der Waals surface area contributed by atoms with Crippen molar-refractivity contribution in [1.82, 2.24) is 15.1 Å². The number of nitrogens with one attached hydrogen (secondary N) is 1. The summed E-state index contributed by atoms with van der Waals surface area (Å²) < 4.78 is 1.95. The zero-order valence-electron chi connectivity index (χ0n) is 13.2. The quantitative estimate of drug-likeness (QED) is 0.897. The molecular formula is C17H25N3. The molecule has 0 radical (unpaired) electrons. The molecular weight excluding hydrogens is 246 g/mol. The predicted octanol–water partition coefficient (Wildman–Crippen LogP) is 3.76. The fraction of sp³-hybridized carbons (Fsp3) is 0.471. The van der Waals surface area contributed by atoms with Crippen LogP contribution in [0.3, 0.4) is 0 Å². The van der Waals surface area contributed by atoms with Gasteiger partial charge >= 0.3 is 0 Å². The summed E-state index contributed by atoms with van der Waals surface area (Å²) in [4.78, 5) is 0. The van der Waals surface area contributed by atoms with Gasteiger partial charge in [-0.1, -0.05) is 25.1 Å². The van der Waals surface area contributed by atoms with Crippen molar-refractivity contribution in [2.24, 2.45) is 7.05 Å². The Balaban J connectivity index is 2.34. The second-order valence-corrected chi connectivity index (χ2v) is 5.47. The summed E-state index contributed by atoms with van der Waals surface area (Å²) in [5.74, 6) is 0. The molecule has 0 spiro atoms. The molecule has 20 heavy (non-hydrogen) atoms. The number of aromatic nitrogens is 2. The third-order valence-electron chi connectivity index (χ3n) is 3.88. The fourth-order valence-electron chi connectivity index (χ4n) is 2.63. The summed E-state index contributed by atoms with van der Waals surface area (Å²) in [5.41, 5.74) is 6.16. The van der Waals surface area contributed by atoms with Crippen LogP contribution in [0.25, 0.3) is 11.1 Å². The summed E-state index contributed by atoms with van der Waals surface area (Å²) in [6.07, 6.45) is 1.16. The monoisotopic (exact) mass is 271 g/mol. The first-order valence-electron chi connectivity index (χ1n) is 7.38. The van der Waals surface area contributed by atoms with Gasteiger partial charge in [-0.05, 0) is 50.9 Å². The smallest absolute Gasteiger partial charge is 0.0674 e. The molecule has 2 rings (SSSR count). The Morgan fingerprint density at radius 2 is 2.05 bits per heavy atom. The minimum atomic E-state index is 0.382. The van der Waals surface area contributed by atoms with Crippen LogP contribution in [0.1, 0.15) is 43.3 Å². The van der Waals surface area contributed by atoms with Crippen molar-refractivity contribution in [2.75, 3.05) is 6.54 Å². The number of aryl methyl sites for hydroxylation is 2. The van der Waals surface area contributed by atoms with Crippen molar-refractivity contribution in [1.29, 1.82) is 0 Å². The SMILES string of the molecule is CCCNC(C)c1cccc(-c2c(C)nn(C)c2C)c1. The maximum Gasteiger partial charge on any atom is 0.0674 e. The molecule has 108 valence electrons. The Bertz CT molecular complexity index is 584. The van der Waals surface area contributed by atoms with Crippen molar-refractivity contribution in [3.05, 3.63) is 41.2 Å². The summed E-state index contributed by atoms with van der Waals surface area (Å²) >= 11 is 0. The van der Waals surface area contributed by atoms with E-state index in [4.69, 9.17) is 0 Å². The lowest BCUT2D eigenvalue weighted by Gasteiger charge is -2.15. The predicted molar refractivity (Wildman–Crippen MR) is 84.8 cm³/mol. The molecule has 1 unspecified atom stereocenters.